The third kappa shape index (κ3) is 2.98. The fourth-order valence-electron chi connectivity index (χ4n) is 0.814. The molecule has 0 heterocycles. The number of nitrogens with zero attached hydrogens (tertiary/aromatic N) is 1. The van der Waals surface area contributed by atoms with Gasteiger partial charge in [0.25, 0.3) is 0 Å². The highest BCUT2D eigenvalue weighted by molar-refractivity contribution is 7.87. The Morgan fingerprint density at radius 1 is 1.58 bits per heavy atom. The van der Waals surface area contributed by atoms with Crippen molar-refractivity contribution >= 4 is 35.8 Å². The molecule has 0 rings (SSSR count). The Bertz CT molecular complexity index is 180. The van der Waals surface area contributed by atoms with Crippen LogP contribution in [0.1, 0.15) is 13.8 Å². The zero-order chi connectivity index (χ0) is 9.72. The average molecular weight is 207 g/mol. The first-order valence-electron chi connectivity index (χ1n) is 3.74. The lowest BCUT2D eigenvalue weighted by Crippen LogP contribution is -2.38. The molecular formula is C7H13NO2S2. The van der Waals surface area contributed by atoms with E-state index in [1.165, 1.54) is 0 Å². The molecule has 0 aliphatic carbocycles. The van der Waals surface area contributed by atoms with Gasteiger partial charge in [0.05, 0.1) is 0 Å². The fourth-order valence-corrected chi connectivity index (χ4v) is 1.34. The van der Waals surface area contributed by atoms with Crippen molar-refractivity contribution < 1.29 is 9.90 Å². The van der Waals surface area contributed by atoms with Gasteiger partial charge in [-0.2, -0.15) is 12.6 Å². The number of carbonyl (C=O) groups is 1. The first-order valence-corrected chi connectivity index (χ1v) is 4.66. The minimum atomic E-state index is -0.991. The highest BCUT2D eigenvalue weighted by Crippen LogP contribution is 2.04. The second-order valence-corrected chi connectivity index (χ2v) is 3.19. The molecule has 1 atom stereocenters. The zero-order valence-electron chi connectivity index (χ0n) is 7.15. The largest absolute Gasteiger partial charge is 0.480 e. The van der Waals surface area contributed by atoms with Gasteiger partial charge < -0.3 is 10.0 Å². The number of hydrogen-bond acceptors (Lipinski definition) is 3. The highest BCUT2D eigenvalue weighted by atomic mass is 32.1. The number of thiol groups is 1. The Hall–Kier alpha value is -0.290. The van der Waals surface area contributed by atoms with Gasteiger partial charge in [-0.05, 0) is 13.8 Å². The zero-order valence-corrected chi connectivity index (χ0v) is 8.86. The summed E-state index contributed by atoms with van der Waals surface area (Å²) in [6.07, 6.45) is 0. The molecule has 12 heavy (non-hydrogen) atoms. The summed E-state index contributed by atoms with van der Waals surface area (Å²) >= 11 is 8.83. The lowest BCUT2D eigenvalue weighted by atomic mass is 10.3. The van der Waals surface area contributed by atoms with Crippen LogP contribution in [0.5, 0.6) is 0 Å². The van der Waals surface area contributed by atoms with Crippen molar-refractivity contribution in [1.82, 2.24) is 4.90 Å². The van der Waals surface area contributed by atoms with E-state index < -0.39 is 11.2 Å². The molecule has 1 N–H and O–H groups in total. The number of hydrogen-bond donors (Lipinski definition) is 2. The molecule has 0 aromatic heterocycles. The molecule has 0 spiro atoms. The molecule has 70 valence electrons. The van der Waals surface area contributed by atoms with E-state index in [1.807, 2.05) is 13.8 Å². The molecular weight excluding hydrogens is 194 g/mol. The van der Waals surface area contributed by atoms with Crippen LogP contribution in [-0.2, 0) is 4.79 Å². The SMILES string of the molecule is CCN(CC)C(=S)C(S)C(=O)O. The quantitative estimate of drug-likeness (QED) is 0.534. The smallest absolute Gasteiger partial charge is 0.323 e. The third-order valence-corrected chi connectivity index (χ3v) is 2.68. The summed E-state index contributed by atoms with van der Waals surface area (Å²) in [6.45, 7) is 5.30. The van der Waals surface area contributed by atoms with Crippen LogP contribution in [0.15, 0.2) is 0 Å². The molecule has 0 aliphatic heterocycles. The molecule has 0 aliphatic rings. The molecule has 0 aromatic rings. The molecule has 0 fully saturated rings. The summed E-state index contributed by atoms with van der Waals surface area (Å²) in [4.78, 5) is 12.7. The van der Waals surface area contributed by atoms with E-state index in [4.69, 9.17) is 17.3 Å². The summed E-state index contributed by atoms with van der Waals surface area (Å²) in [7, 11) is 0. The van der Waals surface area contributed by atoms with Crippen molar-refractivity contribution in [3.63, 3.8) is 0 Å². The predicted octanol–water partition coefficient (Wildman–Crippen LogP) is 1.04. The van der Waals surface area contributed by atoms with Crippen molar-refractivity contribution in [1.29, 1.82) is 0 Å². The van der Waals surface area contributed by atoms with Gasteiger partial charge in [0.2, 0.25) is 0 Å². The van der Waals surface area contributed by atoms with E-state index in [2.05, 4.69) is 12.6 Å². The maximum Gasteiger partial charge on any atom is 0.323 e. The molecule has 0 amide bonds. The number of aliphatic carboxylic acids is 1. The summed E-state index contributed by atoms with van der Waals surface area (Å²) in [5.74, 6) is -0.991. The predicted molar refractivity (Wildman–Crippen MR) is 55.9 cm³/mol. The van der Waals surface area contributed by atoms with Gasteiger partial charge in [-0.3, -0.25) is 4.79 Å². The Morgan fingerprint density at radius 3 is 2.25 bits per heavy atom. The molecule has 3 nitrogen and oxygen atoms in total. The lowest BCUT2D eigenvalue weighted by Gasteiger charge is -2.23. The highest BCUT2D eigenvalue weighted by Gasteiger charge is 2.20. The minimum Gasteiger partial charge on any atom is -0.480 e. The van der Waals surface area contributed by atoms with Crippen LogP contribution in [0, 0.1) is 0 Å². The van der Waals surface area contributed by atoms with Crippen molar-refractivity contribution in [2.45, 2.75) is 19.1 Å². The Morgan fingerprint density at radius 2 is 2.00 bits per heavy atom. The molecule has 1 unspecified atom stereocenters. The molecule has 5 heteroatoms. The van der Waals surface area contributed by atoms with Gasteiger partial charge >= 0.3 is 5.97 Å². The topological polar surface area (TPSA) is 40.5 Å². The first kappa shape index (κ1) is 11.7. The maximum atomic E-state index is 10.5. The fraction of sp³-hybridized carbons (Fsp3) is 0.714. The Kier molecular flexibility index (Phi) is 5.24. The number of carboxylic acid groups (broad SMARTS) is 1. The summed E-state index contributed by atoms with van der Waals surface area (Å²) < 4.78 is 0. The maximum absolute atomic E-state index is 10.5. The number of carboxylic acids is 1. The monoisotopic (exact) mass is 207 g/mol. The molecule has 0 saturated carbocycles. The van der Waals surface area contributed by atoms with Gasteiger partial charge in [-0.25, -0.2) is 0 Å². The van der Waals surface area contributed by atoms with Crippen LogP contribution < -0.4 is 0 Å². The van der Waals surface area contributed by atoms with Gasteiger partial charge in [-0.15, -0.1) is 0 Å². The van der Waals surface area contributed by atoms with E-state index in [0.717, 1.165) is 13.1 Å². The van der Waals surface area contributed by atoms with Crippen LogP contribution in [0.2, 0.25) is 0 Å². The van der Waals surface area contributed by atoms with Crippen molar-refractivity contribution in [3.05, 3.63) is 0 Å². The molecule has 0 bridgehead atoms. The second kappa shape index (κ2) is 5.37. The minimum absolute atomic E-state index is 0.385. The standard InChI is InChI=1S/C7H13NO2S2/c1-3-8(4-2)6(12)5(11)7(9)10/h5,11H,3-4H2,1-2H3,(H,9,10). The summed E-state index contributed by atoms with van der Waals surface area (Å²) in [5.41, 5.74) is 0. The van der Waals surface area contributed by atoms with Crippen molar-refractivity contribution in [2.75, 3.05) is 13.1 Å². The third-order valence-electron chi connectivity index (χ3n) is 1.54. The van der Waals surface area contributed by atoms with Gasteiger partial charge in [0, 0.05) is 13.1 Å². The van der Waals surface area contributed by atoms with E-state index in [-0.39, 0.29) is 0 Å². The van der Waals surface area contributed by atoms with Crippen LogP contribution in [0.25, 0.3) is 0 Å². The van der Waals surface area contributed by atoms with E-state index in [9.17, 15) is 4.79 Å². The lowest BCUT2D eigenvalue weighted by molar-refractivity contribution is -0.135. The van der Waals surface area contributed by atoms with Crippen LogP contribution in [0.4, 0.5) is 0 Å². The van der Waals surface area contributed by atoms with Crippen molar-refractivity contribution in [3.8, 4) is 0 Å². The van der Waals surface area contributed by atoms with Crippen molar-refractivity contribution in [2.24, 2.45) is 0 Å². The summed E-state index contributed by atoms with van der Waals surface area (Å²) in [5, 5.41) is 7.74. The van der Waals surface area contributed by atoms with Crippen LogP contribution >= 0.6 is 24.8 Å². The van der Waals surface area contributed by atoms with Crippen LogP contribution in [-0.4, -0.2) is 39.3 Å². The van der Waals surface area contributed by atoms with E-state index >= 15 is 0 Å². The second-order valence-electron chi connectivity index (χ2n) is 2.25. The van der Waals surface area contributed by atoms with Gasteiger partial charge in [0.15, 0.2) is 0 Å². The van der Waals surface area contributed by atoms with Gasteiger partial charge in [-0.1, -0.05) is 12.2 Å². The van der Waals surface area contributed by atoms with E-state index in [0.29, 0.717) is 4.99 Å². The summed E-state index contributed by atoms with van der Waals surface area (Å²) in [6, 6.07) is 0. The normalized spacial score (nSPS) is 12.2. The molecule has 0 radical (unpaired) electrons. The average Bonchev–Trinajstić information content (AvgIpc) is 2.05. The van der Waals surface area contributed by atoms with Crippen LogP contribution in [0.3, 0.4) is 0 Å². The van der Waals surface area contributed by atoms with Gasteiger partial charge in [0.1, 0.15) is 10.2 Å². The number of thiocarbonyl (C=S) groups is 1. The molecule has 0 aromatic carbocycles. The molecule has 0 saturated heterocycles. The number of rotatable bonds is 4. The van der Waals surface area contributed by atoms with E-state index in [1.54, 1.807) is 4.90 Å². The Labute approximate surface area is 83.2 Å². The first-order chi connectivity index (χ1) is 5.54. The Balaban J connectivity index is 4.25.